The highest BCUT2D eigenvalue weighted by atomic mass is 16.5. The molecular weight excluding hydrogens is 248 g/mol. The minimum absolute atomic E-state index is 0.150. The molecule has 1 aromatic rings. The van der Waals surface area contributed by atoms with Gasteiger partial charge in [-0.2, -0.15) is 0 Å². The van der Waals surface area contributed by atoms with E-state index >= 15 is 0 Å². The Hall–Kier alpha value is -1.06. The van der Waals surface area contributed by atoms with E-state index in [0.29, 0.717) is 12.6 Å². The summed E-state index contributed by atoms with van der Waals surface area (Å²) in [7, 11) is 1.77. The summed E-state index contributed by atoms with van der Waals surface area (Å²) in [6, 6.07) is 10.9. The van der Waals surface area contributed by atoms with Gasteiger partial charge in [0.15, 0.2) is 0 Å². The van der Waals surface area contributed by atoms with Gasteiger partial charge in [-0.05, 0) is 38.8 Å². The second-order valence-corrected chi connectivity index (χ2v) is 5.94. The maximum Gasteiger partial charge on any atom is 0.0642 e. The largest absolute Gasteiger partial charge is 0.379 e. The average Bonchev–Trinajstić information content (AvgIpc) is 2.47. The molecule has 1 rings (SSSR count). The van der Waals surface area contributed by atoms with Gasteiger partial charge < -0.3 is 15.4 Å². The molecule has 1 unspecified atom stereocenters. The number of anilines is 1. The number of rotatable bonds is 9. The minimum atomic E-state index is -0.150. The molecule has 20 heavy (non-hydrogen) atoms. The van der Waals surface area contributed by atoms with Crippen LogP contribution in [0.2, 0.25) is 0 Å². The van der Waals surface area contributed by atoms with Crippen LogP contribution < -0.4 is 10.6 Å². The van der Waals surface area contributed by atoms with Crippen LogP contribution in [-0.4, -0.2) is 31.8 Å². The molecule has 1 aromatic carbocycles. The monoisotopic (exact) mass is 278 g/mol. The first-order valence-corrected chi connectivity index (χ1v) is 7.61. The molecule has 0 saturated carbocycles. The molecule has 0 amide bonds. The molecule has 0 fully saturated rings. The number of benzene rings is 1. The number of hydrogen-bond donors (Lipinski definition) is 1. The highest BCUT2D eigenvalue weighted by Crippen LogP contribution is 2.24. The summed E-state index contributed by atoms with van der Waals surface area (Å²) in [5.74, 6) is 0. The van der Waals surface area contributed by atoms with E-state index in [4.69, 9.17) is 10.5 Å². The summed E-state index contributed by atoms with van der Waals surface area (Å²) in [4.78, 5) is 2.43. The third kappa shape index (κ3) is 5.14. The quantitative estimate of drug-likeness (QED) is 0.752. The van der Waals surface area contributed by atoms with Gasteiger partial charge in [0.1, 0.15) is 0 Å². The van der Waals surface area contributed by atoms with Crippen LogP contribution in [0.5, 0.6) is 0 Å². The zero-order chi connectivity index (χ0) is 15.0. The molecule has 0 aliphatic carbocycles. The van der Waals surface area contributed by atoms with E-state index in [1.165, 1.54) is 18.5 Å². The lowest BCUT2D eigenvalue weighted by molar-refractivity contribution is 0.0100. The highest BCUT2D eigenvalue weighted by Gasteiger charge is 2.26. The van der Waals surface area contributed by atoms with E-state index in [0.717, 1.165) is 13.0 Å². The Kier molecular flexibility index (Phi) is 7.03. The Balaban J connectivity index is 2.89. The molecule has 0 aliphatic rings. The molecule has 0 bridgehead atoms. The number of methoxy groups -OCH3 is 1. The van der Waals surface area contributed by atoms with Gasteiger partial charge in [-0.25, -0.2) is 0 Å². The number of unbranched alkanes of at least 4 members (excludes halogenated alkanes) is 1. The Bertz CT molecular complexity index is 365. The maximum atomic E-state index is 6.05. The lowest BCUT2D eigenvalue weighted by Crippen LogP contribution is -2.46. The molecular formula is C17H30N2O. The van der Waals surface area contributed by atoms with Crippen LogP contribution in [0.25, 0.3) is 0 Å². The van der Waals surface area contributed by atoms with E-state index in [9.17, 15) is 0 Å². The summed E-state index contributed by atoms with van der Waals surface area (Å²) < 4.78 is 5.58. The molecule has 1 atom stereocenters. The van der Waals surface area contributed by atoms with E-state index in [1.54, 1.807) is 7.11 Å². The average molecular weight is 278 g/mol. The third-order valence-electron chi connectivity index (χ3n) is 3.83. The van der Waals surface area contributed by atoms with Crippen molar-refractivity contribution in [2.75, 3.05) is 25.1 Å². The van der Waals surface area contributed by atoms with Crippen molar-refractivity contribution in [3.05, 3.63) is 30.3 Å². The van der Waals surface area contributed by atoms with Crippen molar-refractivity contribution in [1.29, 1.82) is 0 Å². The molecule has 0 saturated heterocycles. The van der Waals surface area contributed by atoms with Crippen LogP contribution in [0.4, 0.5) is 5.69 Å². The van der Waals surface area contributed by atoms with Gasteiger partial charge in [-0.3, -0.25) is 0 Å². The van der Waals surface area contributed by atoms with E-state index < -0.39 is 0 Å². The summed E-state index contributed by atoms with van der Waals surface area (Å²) in [5.41, 5.74) is 7.15. The molecule has 0 radical (unpaired) electrons. The SMILES string of the molecule is CCCCN(c1ccccc1)C(CN)CC(C)(C)OC. The van der Waals surface area contributed by atoms with Crippen molar-refractivity contribution in [3.63, 3.8) is 0 Å². The molecule has 0 aromatic heterocycles. The van der Waals surface area contributed by atoms with Gasteiger partial charge >= 0.3 is 0 Å². The summed E-state index contributed by atoms with van der Waals surface area (Å²) in [5, 5.41) is 0. The van der Waals surface area contributed by atoms with Crippen LogP contribution in [0.1, 0.15) is 40.0 Å². The van der Waals surface area contributed by atoms with Gasteiger partial charge in [0, 0.05) is 31.9 Å². The fourth-order valence-corrected chi connectivity index (χ4v) is 2.44. The first-order chi connectivity index (χ1) is 9.54. The van der Waals surface area contributed by atoms with Crippen LogP contribution in [0.3, 0.4) is 0 Å². The van der Waals surface area contributed by atoms with Crippen molar-refractivity contribution in [3.8, 4) is 0 Å². The van der Waals surface area contributed by atoms with Gasteiger partial charge in [-0.15, -0.1) is 0 Å². The van der Waals surface area contributed by atoms with Crippen LogP contribution in [-0.2, 0) is 4.74 Å². The smallest absolute Gasteiger partial charge is 0.0642 e. The summed E-state index contributed by atoms with van der Waals surface area (Å²) in [6.07, 6.45) is 3.30. The topological polar surface area (TPSA) is 38.5 Å². The zero-order valence-electron chi connectivity index (χ0n) is 13.4. The standard InChI is InChI=1S/C17H30N2O/c1-5-6-12-19(15-10-8-7-9-11-15)16(14-18)13-17(2,3)20-4/h7-11,16H,5-6,12-14,18H2,1-4H3. The van der Waals surface area contributed by atoms with Gasteiger partial charge in [0.25, 0.3) is 0 Å². The Morgan fingerprint density at radius 2 is 1.90 bits per heavy atom. The Morgan fingerprint density at radius 1 is 1.25 bits per heavy atom. The number of hydrogen-bond acceptors (Lipinski definition) is 3. The first-order valence-electron chi connectivity index (χ1n) is 7.61. The second kappa shape index (κ2) is 8.28. The van der Waals surface area contributed by atoms with E-state index in [2.05, 4.69) is 56.0 Å². The van der Waals surface area contributed by atoms with Gasteiger partial charge in [-0.1, -0.05) is 31.5 Å². The predicted octanol–water partition coefficient (Wildman–Crippen LogP) is 3.44. The Labute approximate surface area is 124 Å². The van der Waals surface area contributed by atoms with Gasteiger partial charge in [0.05, 0.1) is 5.60 Å². The first kappa shape index (κ1) is 17.0. The maximum absolute atomic E-state index is 6.05. The molecule has 0 spiro atoms. The third-order valence-corrected chi connectivity index (χ3v) is 3.83. The number of nitrogens with two attached hydrogens (primary N) is 1. The second-order valence-electron chi connectivity index (χ2n) is 5.94. The van der Waals surface area contributed by atoms with Crippen molar-refractivity contribution in [1.82, 2.24) is 0 Å². The van der Waals surface area contributed by atoms with Crippen LogP contribution in [0.15, 0.2) is 30.3 Å². The summed E-state index contributed by atoms with van der Waals surface area (Å²) in [6.45, 7) is 8.16. The van der Waals surface area contributed by atoms with Crippen LogP contribution in [0, 0.1) is 0 Å². The lowest BCUT2D eigenvalue weighted by atomic mass is 9.97. The molecule has 3 heteroatoms. The fraction of sp³-hybridized carbons (Fsp3) is 0.647. The van der Waals surface area contributed by atoms with Crippen molar-refractivity contribution >= 4 is 5.69 Å². The van der Waals surface area contributed by atoms with Gasteiger partial charge in [0.2, 0.25) is 0 Å². The van der Waals surface area contributed by atoms with Crippen molar-refractivity contribution in [2.45, 2.75) is 51.7 Å². The van der Waals surface area contributed by atoms with E-state index in [-0.39, 0.29) is 5.60 Å². The van der Waals surface area contributed by atoms with Crippen molar-refractivity contribution < 1.29 is 4.74 Å². The van der Waals surface area contributed by atoms with Crippen LogP contribution >= 0.6 is 0 Å². The minimum Gasteiger partial charge on any atom is -0.379 e. The number of ether oxygens (including phenoxy) is 1. The normalized spacial score (nSPS) is 13.2. The summed E-state index contributed by atoms with van der Waals surface area (Å²) >= 11 is 0. The van der Waals surface area contributed by atoms with Crippen molar-refractivity contribution in [2.24, 2.45) is 5.73 Å². The molecule has 114 valence electrons. The highest BCUT2D eigenvalue weighted by molar-refractivity contribution is 5.47. The molecule has 0 heterocycles. The lowest BCUT2D eigenvalue weighted by Gasteiger charge is -2.37. The molecule has 3 nitrogen and oxygen atoms in total. The molecule has 0 aliphatic heterocycles. The predicted molar refractivity (Wildman–Crippen MR) is 87.2 cm³/mol. The number of nitrogens with zero attached hydrogens (tertiary/aromatic N) is 1. The van der Waals surface area contributed by atoms with E-state index in [1.807, 2.05) is 0 Å². The number of para-hydroxylation sites is 1. The molecule has 2 N–H and O–H groups in total. The fourth-order valence-electron chi connectivity index (χ4n) is 2.44. The zero-order valence-corrected chi connectivity index (χ0v) is 13.4. The Morgan fingerprint density at radius 3 is 2.40 bits per heavy atom.